The molecule has 1 aliphatic heterocycles. The third-order valence-corrected chi connectivity index (χ3v) is 5.75. The van der Waals surface area contributed by atoms with Crippen LogP contribution in [-0.4, -0.2) is 72.5 Å². The molecule has 1 N–H and O–H groups in total. The van der Waals surface area contributed by atoms with Crippen LogP contribution in [0.1, 0.15) is 26.3 Å². The molecule has 0 saturated carbocycles. The van der Waals surface area contributed by atoms with E-state index in [-0.39, 0.29) is 5.54 Å². The Morgan fingerprint density at radius 1 is 1.12 bits per heavy atom. The molecule has 0 radical (unpaired) electrons. The summed E-state index contributed by atoms with van der Waals surface area (Å²) in [7, 11) is 6.17. The predicted octanol–water partition coefficient (Wildman–Crippen LogP) is 3.59. The Bertz CT molecular complexity index is 1140. The Morgan fingerprint density at radius 3 is 2.41 bits per heavy atom. The zero-order valence-electron chi connectivity index (χ0n) is 21.3. The molecule has 0 amide bonds. The van der Waals surface area contributed by atoms with Gasteiger partial charge < -0.3 is 24.8 Å². The average Bonchev–Trinajstić information content (AvgIpc) is 3.19. The maximum absolute atomic E-state index is 5.58. The largest absolute Gasteiger partial charge is 0.378 e. The highest BCUT2D eigenvalue weighted by Crippen LogP contribution is 2.27. The molecule has 34 heavy (non-hydrogen) atoms. The van der Waals surface area contributed by atoms with Crippen molar-refractivity contribution in [2.45, 2.75) is 32.9 Å². The van der Waals surface area contributed by atoms with Crippen LogP contribution in [0.15, 0.2) is 48.9 Å². The van der Waals surface area contributed by atoms with E-state index < -0.39 is 0 Å². The van der Waals surface area contributed by atoms with E-state index >= 15 is 0 Å². The topological polar surface area (TPSA) is 61.2 Å². The molecule has 0 spiro atoms. The third-order valence-electron chi connectivity index (χ3n) is 5.75. The van der Waals surface area contributed by atoms with Crippen molar-refractivity contribution < 1.29 is 4.74 Å². The molecule has 182 valence electrons. The standard InChI is InChI=1S/C26H37N7O/c1-19(28-26(2,3)4)31(7)22-10-8-21(9-11-22)24-27-25(32-12-14-34-15-13-32)23-16-20(17-30(5)6)18-33(23)29-24/h8-11,16,18,28H,1,12-15,17H2,2-7H3. The molecule has 3 aromatic rings. The number of fused-ring (bicyclic) bond motifs is 1. The van der Waals surface area contributed by atoms with Crippen LogP contribution in [0.25, 0.3) is 16.9 Å². The van der Waals surface area contributed by atoms with Gasteiger partial charge in [0.2, 0.25) is 0 Å². The minimum atomic E-state index is -0.0490. The van der Waals surface area contributed by atoms with Crippen molar-refractivity contribution in [1.82, 2.24) is 24.8 Å². The molecule has 1 fully saturated rings. The van der Waals surface area contributed by atoms with Crippen molar-refractivity contribution in [2.24, 2.45) is 0 Å². The maximum atomic E-state index is 5.58. The molecule has 4 rings (SSSR count). The SMILES string of the molecule is C=C(NC(C)(C)C)N(C)c1ccc(-c2nc(N3CCOCC3)c3cc(CN(C)C)cn3n2)cc1. The van der Waals surface area contributed by atoms with Gasteiger partial charge in [-0.25, -0.2) is 9.50 Å². The van der Waals surface area contributed by atoms with Crippen molar-refractivity contribution >= 4 is 17.0 Å². The first-order valence-corrected chi connectivity index (χ1v) is 11.8. The van der Waals surface area contributed by atoms with Crippen LogP contribution in [-0.2, 0) is 11.3 Å². The van der Waals surface area contributed by atoms with Gasteiger partial charge in [0.15, 0.2) is 11.6 Å². The van der Waals surface area contributed by atoms with Gasteiger partial charge in [-0.3, -0.25) is 0 Å². The summed E-state index contributed by atoms with van der Waals surface area (Å²) in [5.74, 6) is 2.53. The van der Waals surface area contributed by atoms with E-state index in [0.717, 1.165) is 48.0 Å². The molecule has 3 heterocycles. The van der Waals surface area contributed by atoms with Gasteiger partial charge in [0.1, 0.15) is 5.52 Å². The fraction of sp³-hybridized carbons (Fsp3) is 0.462. The summed E-state index contributed by atoms with van der Waals surface area (Å²) in [6.45, 7) is 14.5. The van der Waals surface area contributed by atoms with Gasteiger partial charge in [0.25, 0.3) is 0 Å². The minimum Gasteiger partial charge on any atom is -0.378 e. The van der Waals surface area contributed by atoms with Crippen LogP contribution in [0.3, 0.4) is 0 Å². The minimum absolute atomic E-state index is 0.0490. The van der Waals surface area contributed by atoms with Gasteiger partial charge >= 0.3 is 0 Å². The van der Waals surface area contributed by atoms with Crippen LogP contribution in [0, 0.1) is 0 Å². The summed E-state index contributed by atoms with van der Waals surface area (Å²) in [5.41, 5.74) is 4.23. The number of morpholine rings is 1. The van der Waals surface area contributed by atoms with Gasteiger partial charge in [-0.2, -0.15) is 0 Å². The summed E-state index contributed by atoms with van der Waals surface area (Å²) in [4.78, 5) is 11.5. The number of nitrogens with one attached hydrogen (secondary N) is 1. The molecular formula is C26H37N7O. The number of ether oxygens (including phenoxy) is 1. The van der Waals surface area contributed by atoms with Crippen LogP contribution >= 0.6 is 0 Å². The Labute approximate surface area is 202 Å². The monoisotopic (exact) mass is 463 g/mol. The summed E-state index contributed by atoms with van der Waals surface area (Å²) < 4.78 is 7.55. The molecule has 0 aliphatic carbocycles. The number of benzene rings is 1. The van der Waals surface area contributed by atoms with Gasteiger partial charge in [0, 0.05) is 49.7 Å². The van der Waals surface area contributed by atoms with Crippen molar-refractivity contribution in [3.63, 3.8) is 0 Å². The number of rotatable bonds is 7. The second-order valence-electron chi connectivity index (χ2n) is 10.2. The number of nitrogens with zero attached hydrogens (tertiary/aromatic N) is 6. The Balaban J connectivity index is 1.67. The zero-order chi connectivity index (χ0) is 24.5. The third kappa shape index (κ3) is 5.51. The number of aromatic nitrogens is 3. The second-order valence-corrected chi connectivity index (χ2v) is 10.2. The van der Waals surface area contributed by atoms with Crippen molar-refractivity contribution in [3.8, 4) is 11.4 Å². The van der Waals surface area contributed by atoms with E-state index in [4.69, 9.17) is 14.8 Å². The smallest absolute Gasteiger partial charge is 0.182 e. The highest BCUT2D eigenvalue weighted by molar-refractivity contribution is 5.73. The van der Waals surface area contributed by atoms with Crippen molar-refractivity contribution in [3.05, 3.63) is 54.5 Å². The van der Waals surface area contributed by atoms with Crippen molar-refractivity contribution in [2.75, 3.05) is 57.2 Å². The van der Waals surface area contributed by atoms with Crippen LogP contribution < -0.4 is 15.1 Å². The van der Waals surface area contributed by atoms with Crippen molar-refractivity contribution in [1.29, 1.82) is 0 Å². The van der Waals surface area contributed by atoms with Crippen LogP contribution in [0.2, 0.25) is 0 Å². The van der Waals surface area contributed by atoms with Gasteiger partial charge in [-0.1, -0.05) is 6.58 Å². The Kier molecular flexibility index (Phi) is 6.81. The Morgan fingerprint density at radius 2 is 1.79 bits per heavy atom. The maximum Gasteiger partial charge on any atom is 0.182 e. The lowest BCUT2D eigenvalue weighted by Crippen LogP contribution is -2.40. The fourth-order valence-corrected chi connectivity index (χ4v) is 4.13. The van der Waals surface area contributed by atoms with E-state index in [0.29, 0.717) is 19.0 Å². The molecule has 8 nitrogen and oxygen atoms in total. The van der Waals surface area contributed by atoms with Crippen LogP contribution in [0.4, 0.5) is 11.5 Å². The lowest BCUT2D eigenvalue weighted by atomic mass is 10.1. The number of hydrogen-bond donors (Lipinski definition) is 1. The molecule has 0 atom stereocenters. The van der Waals surface area contributed by atoms with Crippen LogP contribution in [0.5, 0.6) is 0 Å². The number of anilines is 2. The van der Waals surface area contributed by atoms with Gasteiger partial charge in [-0.05, 0) is 70.8 Å². The van der Waals surface area contributed by atoms with E-state index in [1.54, 1.807) is 0 Å². The van der Waals surface area contributed by atoms with E-state index in [2.05, 4.69) is 98.0 Å². The number of hydrogen-bond acceptors (Lipinski definition) is 7. The molecule has 1 aliphatic rings. The Hall–Kier alpha value is -3.10. The molecular weight excluding hydrogens is 426 g/mol. The zero-order valence-corrected chi connectivity index (χ0v) is 21.3. The van der Waals surface area contributed by atoms with E-state index in [9.17, 15) is 0 Å². The van der Waals surface area contributed by atoms with E-state index in [1.807, 2.05) is 11.6 Å². The second kappa shape index (κ2) is 9.64. The first-order valence-electron chi connectivity index (χ1n) is 11.8. The normalized spacial score (nSPS) is 14.6. The molecule has 8 heteroatoms. The fourth-order valence-electron chi connectivity index (χ4n) is 4.13. The van der Waals surface area contributed by atoms with Gasteiger partial charge in [-0.15, -0.1) is 5.10 Å². The van der Waals surface area contributed by atoms with E-state index in [1.165, 1.54) is 5.56 Å². The van der Waals surface area contributed by atoms with Gasteiger partial charge in [0.05, 0.1) is 19.0 Å². The molecule has 2 aromatic heterocycles. The molecule has 1 saturated heterocycles. The first kappa shape index (κ1) is 24.0. The molecule has 0 unspecified atom stereocenters. The lowest BCUT2D eigenvalue weighted by molar-refractivity contribution is 0.122. The quantitative estimate of drug-likeness (QED) is 0.575. The predicted molar refractivity (Wildman–Crippen MR) is 139 cm³/mol. The highest BCUT2D eigenvalue weighted by atomic mass is 16.5. The summed E-state index contributed by atoms with van der Waals surface area (Å²) in [6, 6.07) is 10.5. The molecule has 0 bridgehead atoms. The first-order chi connectivity index (χ1) is 16.1. The summed E-state index contributed by atoms with van der Waals surface area (Å²) in [5, 5.41) is 8.30. The highest BCUT2D eigenvalue weighted by Gasteiger charge is 2.20. The lowest BCUT2D eigenvalue weighted by Gasteiger charge is -2.30. The average molecular weight is 464 g/mol. The summed E-state index contributed by atoms with van der Waals surface area (Å²) in [6.07, 6.45) is 2.11. The molecule has 1 aromatic carbocycles. The summed E-state index contributed by atoms with van der Waals surface area (Å²) >= 11 is 0.